The lowest BCUT2D eigenvalue weighted by atomic mass is 10.1. The molecule has 0 radical (unpaired) electrons. The minimum absolute atomic E-state index is 0.729. The molecule has 1 heterocycles. The van der Waals surface area contributed by atoms with Crippen molar-refractivity contribution in [2.75, 3.05) is 20.2 Å². The first-order chi connectivity index (χ1) is 6.88. The molecule has 74 valence electrons. The van der Waals surface area contributed by atoms with Gasteiger partial charge in [0.25, 0.3) is 0 Å². The van der Waals surface area contributed by atoms with Gasteiger partial charge in [-0.1, -0.05) is 5.73 Å². The molecule has 0 aliphatic carbocycles. The molecule has 0 amide bonds. The summed E-state index contributed by atoms with van der Waals surface area (Å²) in [5.41, 5.74) is 10.7. The van der Waals surface area contributed by atoms with Gasteiger partial charge in [0, 0.05) is 18.8 Å². The van der Waals surface area contributed by atoms with E-state index in [1.165, 1.54) is 19.3 Å². The Kier molecular flexibility index (Phi) is 4.51. The quantitative estimate of drug-likeness (QED) is 0.488. The van der Waals surface area contributed by atoms with Gasteiger partial charge < -0.3 is 9.64 Å². The highest BCUT2D eigenvalue weighted by atomic mass is 16.5. The van der Waals surface area contributed by atoms with Gasteiger partial charge in [-0.25, -0.2) is 0 Å². The SMILES string of the molecule is C=C=C=C=C=C(OC)N1CCCCC1. The average molecular weight is 189 g/mol. The number of hydrogen-bond acceptors (Lipinski definition) is 2. The molecule has 1 rings (SSSR count). The maximum Gasteiger partial charge on any atom is 0.244 e. The van der Waals surface area contributed by atoms with Gasteiger partial charge in [0.2, 0.25) is 5.88 Å². The van der Waals surface area contributed by atoms with E-state index in [1.807, 2.05) is 0 Å². The summed E-state index contributed by atoms with van der Waals surface area (Å²) in [6, 6.07) is 0. The Hall–Kier alpha value is -1.54. The van der Waals surface area contributed by atoms with Gasteiger partial charge in [-0.2, -0.15) is 0 Å². The molecule has 0 aromatic heterocycles. The predicted octanol–water partition coefficient (Wildman–Crippen LogP) is 2.21. The number of nitrogens with zero attached hydrogens (tertiary/aromatic N) is 1. The normalized spacial score (nSPS) is 14.5. The van der Waals surface area contributed by atoms with Gasteiger partial charge >= 0.3 is 0 Å². The molecular formula is C12H15NO. The Morgan fingerprint density at radius 3 is 2.50 bits per heavy atom. The number of hydrogen-bond donors (Lipinski definition) is 0. The molecule has 0 atom stereocenters. The molecule has 2 nitrogen and oxygen atoms in total. The van der Waals surface area contributed by atoms with E-state index in [0.717, 1.165) is 19.0 Å². The van der Waals surface area contributed by atoms with Crippen molar-refractivity contribution in [3.05, 3.63) is 35.4 Å². The van der Waals surface area contributed by atoms with Crippen molar-refractivity contribution < 1.29 is 4.74 Å². The van der Waals surface area contributed by atoms with Crippen molar-refractivity contribution in [2.24, 2.45) is 0 Å². The van der Waals surface area contributed by atoms with Crippen molar-refractivity contribution >= 4 is 0 Å². The Balaban J connectivity index is 2.84. The summed E-state index contributed by atoms with van der Waals surface area (Å²) < 4.78 is 5.22. The minimum Gasteiger partial charge on any atom is -0.476 e. The lowest BCUT2D eigenvalue weighted by Gasteiger charge is -2.27. The first-order valence-electron chi connectivity index (χ1n) is 4.82. The summed E-state index contributed by atoms with van der Waals surface area (Å²) in [4.78, 5) is 2.17. The average Bonchev–Trinajstić information content (AvgIpc) is 2.26. The Bertz CT molecular complexity index is 327. The third-order valence-corrected chi connectivity index (χ3v) is 2.16. The van der Waals surface area contributed by atoms with E-state index >= 15 is 0 Å². The van der Waals surface area contributed by atoms with E-state index in [-0.39, 0.29) is 0 Å². The van der Waals surface area contributed by atoms with Gasteiger partial charge in [-0.3, -0.25) is 0 Å². The second-order valence-corrected chi connectivity index (χ2v) is 3.11. The van der Waals surface area contributed by atoms with Crippen molar-refractivity contribution in [3.63, 3.8) is 0 Å². The highest BCUT2D eigenvalue weighted by Gasteiger charge is 2.12. The van der Waals surface area contributed by atoms with Crippen LogP contribution in [0.15, 0.2) is 35.4 Å². The van der Waals surface area contributed by atoms with Gasteiger partial charge in [0.1, 0.15) is 0 Å². The zero-order valence-corrected chi connectivity index (χ0v) is 8.60. The third-order valence-electron chi connectivity index (χ3n) is 2.16. The molecule has 0 bridgehead atoms. The monoisotopic (exact) mass is 189 g/mol. The number of methoxy groups -OCH3 is 1. The Morgan fingerprint density at radius 2 is 1.93 bits per heavy atom. The first kappa shape index (κ1) is 10.5. The predicted molar refractivity (Wildman–Crippen MR) is 55.6 cm³/mol. The number of rotatable bonds is 2. The topological polar surface area (TPSA) is 12.5 Å². The van der Waals surface area contributed by atoms with Crippen LogP contribution in [0.2, 0.25) is 0 Å². The van der Waals surface area contributed by atoms with E-state index in [2.05, 4.69) is 34.4 Å². The summed E-state index contributed by atoms with van der Waals surface area (Å²) in [5.74, 6) is 0.729. The number of likely N-dealkylation sites (tertiary alicyclic amines) is 1. The summed E-state index contributed by atoms with van der Waals surface area (Å²) in [6.07, 6.45) is 3.74. The van der Waals surface area contributed by atoms with Crippen LogP contribution in [0, 0.1) is 0 Å². The van der Waals surface area contributed by atoms with Crippen LogP contribution in [-0.4, -0.2) is 25.1 Å². The van der Waals surface area contributed by atoms with Crippen LogP contribution >= 0.6 is 0 Å². The van der Waals surface area contributed by atoms with Crippen LogP contribution in [0.25, 0.3) is 0 Å². The number of ether oxygens (including phenoxy) is 1. The fourth-order valence-electron chi connectivity index (χ4n) is 1.49. The standard InChI is InChI=1S/C12H15NO/c1-3-4-6-9-12(14-2)13-10-7-5-8-11-13/h1,5,7-8,10-11H2,2H3. The van der Waals surface area contributed by atoms with Crippen LogP contribution in [0.5, 0.6) is 0 Å². The van der Waals surface area contributed by atoms with Crippen LogP contribution in [0.1, 0.15) is 19.3 Å². The maximum atomic E-state index is 5.22. The fourth-order valence-corrected chi connectivity index (χ4v) is 1.49. The third kappa shape index (κ3) is 3.07. The summed E-state index contributed by atoms with van der Waals surface area (Å²) in [6.45, 7) is 5.47. The molecule has 1 saturated heterocycles. The van der Waals surface area contributed by atoms with Gasteiger partial charge in [-0.05, 0) is 37.3 Å². The lowest BCUT2D eigenvalue weighted by molar-refractivity contribution is 0.136. The first-order valence-corrected chi connectivity index (χ1v) is 4.82. The molecule has 0 N–H and O–H groups in total. The molecule has 0 aromatic carbocycles. The molecule has 1 fully saturated rings. The Morgan fingerprint density at radius 1 is 1.21 bits per heavy atom. The van der Waals surface area contributed by atoms with Gasteiger partial charge in [0.05, 0.1) is 7.11 Å². The van der Waals surface area contributed by atoms with Crippen molar-refractivity contribution in [2.45, 2.75) is 19.3 Å². The molecule has 0 unspecified atom stereocenters. The molecule has 0 spiro atoms. The molecule has 1 aliphatic rings. The zero-order chi connectivity index (χ0) is 10.2. The second kappa shape index (κ2) is 6.00. The Labute approximate surface area is 85.2 Å². The molecule has 0 saturated carbocycles. The minimum atomic E-state index is 0.729. The van der Waals surface area contributed by atoms with Crippen LogP contribution in [0.3, 0.4) is 0 Å². The molecule has 2 heteroatoms. The zero-order valence-electron chi connectivity index (χ0n) is 8.60. The highest BCUT2D eigenvalue weighted by molar-refractivity contribution is 4.94. The second-order valence-electron chi connectivity index (χ2n) is 3.11. The summed E-state index contributed by atoms with van der Waals surface area (Å²) in [5, 5.41) is 0. The molecule has 1 aliphatic heterocycles. The van der Waals surface area contributed by atoms with Gasteiger partial charge in [0.15, 0.2) is 0 Å². The van der Waals surface area contributed by atoms with E-state index in [4.69, 9.17) is 4.74 Å². The van der Waals surface area contributed by atoms with Crippen molar-refractivity contribution in [3.8, 4) is 0 Å². The van der Waals surface area contributed by atoms with Crippen LogP contribution < -0.4 is 0 Å². The summed E-state index contributed by atoms with van der Waals surface area (Å²) in [7, 11) is 1.65. The van der Waals surface area contributed by atoms with Crippen LogP contribution in [0.4, 0.5) is 0 Å². The van der Waals surface area contributed by atoms with E-state index < -0.39 is 0 Å². The largest absolute Gasteiger partial charge is 0.476 e. The van der Waals surface area contributed by atoms with Crippen LogP contribution in [-0.2, 0) is 4.74 Å². The van der Waals surface area contributed by atoms with E-state index in [9.17, 15) is 0 Å². The maximum absolute atomic E-state index is 5.22. The van der Waals surface area contributed by atoms with Crippen molar-refractivity contribution in [1.82, 2.24) is 4.90 Å². The lowest BCUT2D eigenvalue weighted by Crippen LogP contribution is -2.29. The number of piperidine rings is 1. The smallest absolute Gasteiger partial charge is 0.244 e. The molecule has 0 aromatic rings. The molecule has 14 heavy (non-hydrogen) atoms. The fraction of sp³-hybridized carbons (Fsp3) is 0.500. The molecular weight excluding hydrogens is 174 g/mol. The highest BCUT2D eigenvalue weighted by Crippen LogP contribution is 2.13. The van der Waals surface area contributed by atoms with Gasteiger partial charge in [-0.15, -0.1) is 0 Å². The summed E-state index contributed by atoms with van der Waals surface area (Å²) >= 11 is 0. The van der Waals surface area contributed by atoms with E-state index in [1.54, 1.807) is 7.11 Å². The van der Waals surface area contributed by atoms with Crippen molar-refractivity contribution in [1.29, 1.82) is 0 Å². The van der Waals surface area contributed by atoms with E-state index in [0.29, 0.717) is 0 Å².